The fourth-order valence-corrected chi connectivity index (χ4v) is 1.54. The summed E-state index contributed by atoms with van der Waals surface area (Å²) in [4.78, 5) is 23.5. The second-order valence-electron chi connectivity index (χ2n) is 3.77. The third-order valence-electron chi connectivity index (χ3n) is 2.45. The van der Waals surface area contributed by atoms with Gasteiger partial charge in [-0.1, -0.05) is 6.07 Å². The zero-order chi connectivity index (χ0) is 14.0. The van der Waals surface area contributed by atoms with E-state index < -0.39 is 23.9 Å². The molecule has 19 heavy (non-hydrogen) atoms. The van der Waals surface area contributed by atoms with Crippen molar-refractivity contribution in [1.29, 1.82) is 0 Å². The quantitative estimate of drug-likeness (QED) is 0.856. The molecule has 0 radical (unpaired) electrons. The molecule has 1 aromatic rings. The van der Waals surface area contributed by atoms with Crippen molar-refractivity contribution in [3.8, 4) is 0 Å². The Kier molecular flexibility index (Phi) is 3.32. The van der Waals surface area contributed by atoms with Gasteiger partial charge in [0.15, 0.2) is 0 Å². The number of carbonyl (C=O) groups excluding carboxylic acids is 2. The van der Waals surface area contributed by atoms with Gasteiger partial charge in [0.1, 0.15) is 6.61 Å². The van der Waals surface area contributed by atoms with Crippen LogP contribution in [0.1, 0.15) is 5.56 Å². The van der Waals surface area contributed by atoms with Gasteiger partial charge in [-0.25, -0.2) is 14.5 Å². The van der Waals surface area contributed by atoms with Crippen molar-refractivity contribution < 1.29 is 27.5 Å². The Balaban J connectivity index is 2.11. The fourth-order valence-electron chi connectivity index (χ4n) is 1.54. The lowest BCUT2D eigenvalue weighted by molar-refractivity contribution is -0.137. The maximum Gasteiger partial charge on any atom is 0.418 e. The van der Waals surface area contributed by atoms with Gasteiger partial charge >= 0.3 is 18.3 Å². The number of alkyl halides is 3. The molecule has 5 nitrogen and oxygen atoms in total. The van der Waals surface area contributed by atoms with E-state index in [1.165, 1.54) is 12.1 Å². The fraction of sp³-hybridized carbons (Fsp3) is 0.273. The predicted octanol–water partition coefficient (Wildman–Crippen LogP) is 2.69. The summed E-state index contributed by atoms with van der Waals surface area (Å²) < 4.78 is 42.0. The molecule has 1 aliphatic rings. The predicted molar refractivity (Wildman–Crippen MR) is 58.5 cm³/mol. The van der Waals surface area contributed by atoms with E-state index in [1.54, 1.807) is 0 Å². The molecule has 1 heterocycles. The van der Waals surface area contributed by atoms with Crippen LogP contribution in [0.2, 0.25) is 0 Å². The van der Waals surface area contributed by atoms with E-state index in [4.69, 9.17) is 0 Å². The van der Waals surface area contributed by atoms with Gasteiger partial charge in [-0.3, -0.25) is 0 Å². The highest BCUT2D eigenvalue weighted by Crippen LogP contribution is 2.30. The molecule has 1 saturated heterocycles. The molecular weight excluding hydrogens is 265 g/mol. The molecule has 1 aromatic carbocycles. The van der Waals surface area contributed by atoms with Crippen molar-refractivity contribution in [3.05, 3.63) is 29.8 Å². The van der Waals surface area contributed by atoms with E-state index in [0.29, 0.717) is 0 Å². The van der Waals surface area contributed by atoms with Crippen LogP contribution < -0.4 is 5.32 Å². The average molecular weight is 274 g/mol. The number of carbonyl (C=O) groups is 2. The number of anilines is 1. The van der Waals surface area contributed by atoms with Crippen molar-refractivity contribution in [3.63, 3.8) is 0 Å². The molecule has 0 bridgehead atoms. The van der Waals surface area contributed by atoms with E-state index >= 15 is 0 Å². The number of imide groups is 1. The maximum absolute atomic E-state index is 12.5. The highest BCUT2D eigenvalue weighted by atomic mass is 19.4. The third kappa shape index (κ3) is 2.95. The van der Waals surface area contributed by atoms with Crippen molar-refractivity contribution in [2.45, 2.75) is 6.18 Å². The van der Waals surface area contributed by atoms with Crippen LogP contribution >= 0.6 is 0 Å². The molecule has 1 fully saturated rings. The summed E-state index contributed by atoms with van der Waals surface area (Å²) in [6.07, 6.45) is -5.31. The number of rotatable bonds is 1. The normalized spacial score (nSPS) is 15.3. The number of ether oxygens (including phenoxy) is 1. The van der Waals surface area contributed by atoms with Crippen molar-refractivity contribution >= 4 is 17.8 Å². The molecule has 2 rings (SSSR count). The zero-order valence-corrected chi connectivity index (χ0v) is 9.53. The number of nitrogens with zero attached hydrogens (tertiary/aromatic N) is 1. The molecule has 0 aliphatic carbocycles. The molecule has 0 saturated carbocycles. The van der Waals surface area contributed by atoms with E-state index in [0.717, 1.165) is 17.0 Å². The van der Waals surface area contributed by atoms with Crippen LogP contribution in [0, 0.1) is 0 Å². The second-order valence-corrected chi connectivity index (χ2v) is 3.77. The Labute approximate surface area is 105 Å². The number of benzene rings is 1. The van der Waals surface area contributed by atoms with E-state index in [9.17, 15) is 22.8 Å². The number of halogens is 3. The molecule has 0 aromatic heterocycles. The number of hydrogen-bond acceptors (Lipinski definition) is 3. The minimum atomic E-state index is -4.49. The number of urea groups is 1. The Hall–Kier alpha value is -2.25. The minimum absolute atomic E-state index is 0.0421. The number of nitrogens with one attached hydrogen (secondary N) is 1. The van der Waals surface area contributed by atoms with Gasteiger partial charge in [0, 0.05) is 5.69 Å². The first-order chi connectivity index (χ1) is 8.88. The molecule has 3 amide bonds. The largest absolute Gasteiger partial charge is 0.447 e. The first kappa shape index (κ1) is 13.2. The van der Waals surface area contributed by atoms with Crippen molar-refractivity contribution in [2.75, 3.05) is 18.5 Å². The van der Waals surface area contributed by atoms with Gasteiger partial charge in [-0.15, -0.1) is 0 Å². The molecule has 1 aliphatic heterocycles. The van der Waals surface area contributed by atoms with Gasteiger partial charge in [-0.2, -0.15) is 13.2 Å². The highest BCUT2D eigenvalue weighted by molar-refractivity contribution is 5.99. The molecular formula is C11H9F3N2O3. The lowest BCUT2D eigenvalue weighted by atomic mass is 10.2. The van der Waals surface area contributed by atoms with Crippen LogP contribution in [0.5, 0.6) is 0 Å². The van der Waals surface area contributed by atoms with Crippen molar-refractivity contribution in [1.82, 2.24) is 4.90 Å². The van der Waals surface area contributed by atoms with E-state index in [1.807, 2.05) is 0 Å². The minimum Gasteiger partial charge on any atom is -0.447 e. The average Bonchev–Trinajstić information content (AvgIpc) is 2.75. The van der Waals surface area contributed by atoms with E-state index in [-0.39, 0.29) is 18.8 Å². The molecule has 1 N–H and O–H groups in total. The lowest BCUT2D eigenvalue weighted by Gasteiger charge is -2.13. The van der Waals surface area contributed by atoms with Gasteiger partial charge in [0.05, 0.1) is 12.1 Å². The van der Waals surface area contributed by atoms with Crippen molar-refractivity contribution in [2.24, 2.45) is 0 Å². The Morgan fingerprint density at radius 1 is 1.37 bits per heavy atom. The maximum atomic E-state index is 12.5. The van der Waals surface area contributed by atoms with Gasteiger partial charge in [0.25, 0.3) is 0 Å². The summed E-state index contributed by atoms with van der Waals surface area (Å²) in [5.74, 6) is 0. The smallest absolute Gasteiger partial charge is 0.418 e. The Bertz CT molecular complexity index is 516. The SMILES string of the molecule is O=C(Nc1cccc(C(F)(F)F)c1)N1CCOC1=O. The Morgan fingerprint density at radius 2 is 2.11 bits per heavy atom. The van der Waals surface area contributed by atoms with E-state index in [2.05, 4.69) is 10.1 Å². The summed E-state index contributed by atoms with van der Waals surface area (Å²) in [5.41, 5.74) is -0.922. The third-order valence-corrected chi connectivity index (χ3v) is 2.45. The van der Waals surface area contributed by atoms with Crippen LogP contribution in [-0.4, -0.2) is 30.2 Å². The molecule has 102 valence electrons. The summed E-state index contributed by atoms with van der Waals surface area (Å²) in [5, 5.41) is 2.21. The van der Waals surface area contributed by atoms with Crippen LogP contribution in [-0.2, 0) is 10.9 Å². The number of amides is 3. The number of cyclic esters (lactones) is 1. The monoisotopic (exact) mass is 274 g/mol. The Morgan fingerprint density at radius 3 is 2.68 bits per heavy atom. The van der Waals surface area contributed by atoms with Crippen LogP contribution in [0.4, 0.5) is 28.4 Å². The second kappa shape index (κ2) is 4.79. The summed E-state index contributed by atoms with van der Waals surface area (Å²) in [6.45, 7) is 0.151. The molecule has 0 unspecified atom stereocenters. The summed E-state index contributed by atoms with van der Waals surface area (Å²) in [6, 6.07) is 3.33. The highest BCUT2D eigenvalue weighted by Gasteiger charge is 2.31. The van der Waals surface area contributed by atoms with Gasteiger partial charge < -0.3 is 10.1 Å². The van der Waals surface area contributed by atoms with Gasteiger partial charge in [-0.05, 0) is 18.2 Å². The standard InChI is InChI=1S/C11H9F3N2O3/c12-11(13,14)7-2-1-3-8(6-7)15-9(17)16-4-5-19-10(16)18/h1-3,6H,4-5H2,(H,15,17). The van der Waals surface area contributed by atoms with Crippen LogP contribution in [0.25, 0.3) is 0 Å². The molecule has 0 atom stereocenters. The first-order valence-electron chi connectivity index (χ1n) is 5.30. The van der Waals surface area contributed by atoms with Crippen LogP contribution in [0.3, 0.4) is 0 Å². The first-order valence-corrected chi connectivity index (χ1v) is 5.30. The molecule has 0 spiro atoms. The topological polar surface area (TPSA) is 58.6 Å². The molecule has 8 heteroatoms. The zero-order valence-electron chi connectivity index (χ0n) is 9.53. The number of hydrogen-bond donors (Lipinski definition) is 1. The summed E-state index contributed by atoms with van der Waals surface area (Å²) >= 11 is 0. The van der Waals surface area contributed by atoms with Gasteiger partial charge in [0.2, 0.25) is 0 Å². The lowest BCUT2D eigenvalue weighted by Crippen LogP contribution is -2.35. The van der Waals surface area contributed by atoms with Crippen LogP contribution in [0.15, 0.2) is 24.3 Å². The summed E-state index contributed by atoms with van der Waals surface area (Å²) in [7, 11) is 0.